The number of Topliss-reactive ketones (excluding diaryl/α,β-unsaturated/α-hetero) is 1. The summed E-state index contributed by atoms with van der Waals surface area (Å²) >= 11 is 0. The molecular formula is C23H20F2N4O5. The Bertz CT molecular complexity index is 1230. The maximum absolute atomic E-state index is 13.5. The van der Waals surface area contributed by atoms with Crippen LogP contribution in [0.15, 0.2) is 54.7 Å². The molecule has 9 nitrogen and oxygen atoms in total. The van der Waals surface area contributed by atoms with Crippen LogP contribution in [0.25, 0.3) is 11.3 Å². The zero-order valence-electron chi connectivity index (χ0n) is 17.7. The predicted octanol–water partition coefficient (Wildman–Crippen LogP) is 2.11. The third-order valence-electron chi connectivity index (χ3n) is 5.15. The molecule has 0 aliphatic carbocycles. The van der Waals surface area contributed by atoms with Crippen LogP contribution in [0.1, 0.15) is 22.5 Å². The number of carbonyl (C=O) groups is 3. The molecule has 3 aromatic rings. The number of ether oxygens (including phenoxy) is 2. The summed E-state index contributed by atoms with van der Waals surface area (Å²) in [4.78, 5) is 37.2. The average Bonchev–Trinajstić information content (AvgIpc) is 3.29. The van der Waals surface area contributed by atoms with Crippen molar-refractivity contribution in [3.8, 4) is 22.8 Å². The number of nitrogens with one attached hydrogen (secondary N) is 1. The zero-order valence-corrected chi connectivity index (χ0v) is 17.7. The summed E-state index contributed by atoms with van der Waals surface area (Å²) in [5.74, 6) is -2.49. The number of para-hydroxylation sites is 1. The Morgan fingerprint density at radius 3 is 2.50 bits per heavy atom. The number of primary amides is 1. The van der Waals surface area contributed by atoms with Gasteiger partial charge in [-0.25, -0.2) is 4.68 Å². The molecule has 0 spiro atoms. The zero-order chi connectivity index (χ0) is 24.2. The van der Waals surface area contributed by atoms with Crippen molar-refractivity contribution in [2.75, 3.05) is 13.2 Å². The standard InChI is InChI=1S/C23H20F2N4O5/c24-23(25)29-12-15(18(28-29)14-7-4-8-17-20(14)34-10-9-33-17)22(32)27-16(19(30)21(26)31)11-13-5-2-1-3-6-13/h1-8,12,16,23H,9-11H2,(H2,26,31)(H,27,32). The second-order valence-corrected chi connectivity index (χ2v) is 7.42. The van der Waals surface area contributed by atoms with E-state index >= 15 is 0 Å². The summed E-state index contributed by atoms with van der Waals surface area (Å²) in [6.07, 6.45) is 0.844. The van der Waals surface area contributed by atoms with Gasteiger partial charge in [0.05, 0.1) is 5.56 Å². The van der Waals surface area contributed by atoms with Gasteiger partial charge in [-0.05, 0) is 17.7 Å². The van der Waals surface area contributed by atoms with Crippen LogP contribution in [0.2, 0.25) is 0 Å². The number of benzene rings is 2. The second-order valence-electron chi connectivity index (χ2n) is 7.42. The van der Waals surface area contributed by atoms with Crippen LogP contribution in [0.3, 0.4) is 0 Å². The van der Waals surface area contributed by atoms with Gasteiger partial charge in [0.25, 0.3) is 11.8 Å². The number of carbonyl (C=O) groups excluding carboxylic acids is 3. The van der Waals surface area contributed by atoms with Gasteiger partial charge in [0, 0.05) is 18.2 Å². The fourth-order valence-corrected chi connectivity index (χ4v) is 3.58. The number of halogens is 2. The highest BCUT2D eigenvalue weighted by Crippen LogP contribution is 2.40. The normalized spacial score (nSPS) is 13.4. The monoisotopic (exact) mass is 470 g/mol. The lowest BCUT2D eigenvalue weighted by Gasteiger charge is -2.21. The van der Waals surface area contributed by atoms with Crippen molar-refractivity contribution < 1.29 is 32.6 Å². The van der Waals surface area contributed by atoms with E-state index in [-0.39, 0.29) is 35.6 Å². The van der Waals surface area contributed by atoms with Crippen LogP contribution >= 0.6 is 0 Å². The minimum atomic E-state index is -3.02. The van der Waals surface area contributed by atoms with Gasteiger partial charge in [-0.3, -0.25) is 14.4 Å². The predicted molar refractivity (Wildman–Crippen MR) is 116 cm³/mol. The molecule has 1 aliphatic rings. The minimum absolute atomic E-state index is 0.0235. The number of ketones is 1. The molecule has 1 atom stereocenters. The minimum Gasteiger partial charge on any atom is -0.486 e. The Morgan fingerprint density at radius 1 is 1.06 bits per heavy atom. The van der Waals surface area contributed by atoms with Crippen LogP contribution in [-0.2, 0) is 16.0 Å². The van der Waals surface area contributed by atoms with Crippen molar-refractivity contribution in [2.45, 2.75) is 19.0 Å². The Hall–Kier alpha value is -4.28. The van der Waals surface area contributed by atoms with Gasteiger partial charge in [0.15, 0.2) is 11.5 Å². The van der Waals surface area contributed by atoms with E-state index in [1.54, 1.807) is 48.5 Å². The Labute approximate surface area is 192 Å². The van der Waals surface area contributed by atoms with Crippen LogP contribution in [0.5, 0.6) is 11.5 Å². The molecule has 34 heavy (non-hydrogen) atoms. The Kier molecular flexibility index (Phi) is 6.53. The maximum atomic E-state index is 13.5. The molecule has 1 aliphatic heterocycles. The van der Waals surface area contributed by atoms with Crippen LogP contribution < -0.4 is 20.5 Å². The number of nitrogens with two attached hydrogens (primary N) is 1. The summed E-state index contributed by atoms with van der Waals surface area (Å²) in [6, 6.07) is 12.2. The lowest BCUT2D eigenvalue weighted by atomic mass is 10.0. The van der Waals surface area contributed by atoms with E-state index in [0.29, 0.717) is 22.6 Å². The van der Waals surface area contributed by atoms with Crippen molar-refractivity contribution in [3.63, 3.8) is 0 Å². The van der Waals surface area contributed by atoms with E-state index in [4.69, 9.17) is 15.2 Å². The highest BCUT2D eigenvalue weighted by Gasteiger charge is 2.30. The third-order valence-corrected chi connectivity index (χ3v) is 5.15. The largest absolute Gasteiger partial charge is 0.486 e. The van der Waals surface area contributed by atoms with Gasteiger partial charge in [-0.1, -0.05) is 36.4 Å². The quantitative estimate of drug-likeness (QED) is 0.486. The number of nitrogens with zero attached hydrogens (tertiary/aromatic N) is 2. The average molecular weight is 470 g/mol. The first-order chi connectivity index (χ1) is 16.3. The molecule has 2 amide bonds. The maximum Gasteiger partial charge on any atom is 0.333 e. The van der Waals surface area contributed by atoms with Crippen molar-refractivity contribution >= 4 is 17.6 Å². The summed E-state index contributed by atoms with van der Waals surface area (Å²) in [5.41, 5.74) is 5.76. The number of amides is 2. The fourth-order valence-electron chi connectivity index (χ4n) is 3.58. The number of alkyl halides is 2. The van der Waals surface area contributed by atoms with Crippen LogP contribution in [-0.4, -0.2) is 46.6 Å². The number of fused-ring (bicyclic) bond motifs is 1. The highest BCUT2D eigenvalue weighted by molar-refractivity contribution is 6.38. The lowest BCUT2D eigenvalue weighted by Crippen LogP contribution is -2.47. The Balaban J connectivity index is 1.71. The first kappa shape index (κ1) is 22.9. The first-order valence-electron chi connectivity index (χ1n) is 10.3. The molecule has 1 aromatic heterocycles. The van der Waals surface area contributed by atoms with Crippen LogP contribution in [0, 0.1) is 0 Å². The number of hydrogen-bond acceptors (Lipinski definition) is 6. The van der Waals surface area contributed by atoms with Gasteiger partial charge < -0.3 is 20.5 Å². The van der Waals surface area contributed by atoms with E-state index in [1.807, 2.05) is 0 Å². The Morgan fingerprint density at radius 2 is 1.79 bits per heavy atom. The summed E-state index contributed by atoms with van der Waals surface area (Å²) in [6.45, 7) is -2.48. The molecule has 0 saturated heterocycles. The van der Waals surface area contributed by atoms with Crippen molar-refractivity contribution in [1.29, 1.82) is 0 Å². The molecule has 2 aromatic carbocycles. The molecule has 0 saturated carbocycles. The van der Waals surface area contributed by atoms with Crippen molar-refractivity contribution in [1.82, 2.24) is 15.1 Å². The van der Waals surface area contributed by atoms with Crippen LogP contribution in [0.4, 0.5) is 8.78 Å². The van der Waals surface area contributed by atoms with Crippen molar-refractivity contribution in [2.24, 2.45) is 5.73 Å². The molecule has 0 radical (unpaired) electrons. The first-order valence-corrected chi connectivity index (χ1v) is 10.3. The molecular weight excluding hydrogens is 450 g/mol. The fraction of sp³-hybridized carbons (Fsp3) is 0.217. The van der Waals surface area contributed by atoms with E-state index < -0.39 is 30.2 Å². The SMILES string of the molecule is NC(=O)C(=O)C(Cc1ccccc1)NC(=O)c1cn(C(F)F)nc1-c1cccc2c1OCCO2. The molecule has 4 rings (SSSR count). The molecule has 1 unspecified atom stereocenters. The third kappa shape index (κ3) is 4.72. The molecule has 0 bridgehead atoms. The molecule has 176 valence electrons. The molecule has 3 N–H and O–H groups in total. The van der Waals surface area contributed by atoms with E-state index in [1.165, 1.54) is 0 Å². The number of hydrogen-bond donors (Lipinski definition) is 2. The molecule has 11 heteroatoms. The van der Waals surface area contributed by atoms with E-state index in [9.17, 15) is 23.2 Å². The topological polar surface area (TPSA) is 126 Å². The summed E-state index contributed by atoms with van der Waals surface area (Å²) < 4.78 is 38.4. The molecule has 0 fully saturated rings. The lowest BCUT2D eigenvalue weighted by molar-refractivity contribution is -0.137. The van der Waals surface area contributed by atoms with Gasteiger partial charge >= 0.3 is 6.55 Å². The number of rotatable bonds is 8. The second kappa shape index (κ2) is 9.69. The summed E-state index contributed by atoms with van der Waals surface area (Å²) in [5, 5.41) is 6.32. The molecule has 2 heterocycles. The summed E-state index contributed by atoms with van der Waals surface area (Å²) in [7, 11) is 0. The number of aromatic nitrogens is 2. The van der Waals surface area contributed by atoms with Gasteiger partial charge in [0.2, 0.25) is 5.78 Å². The van der Waals surface area contributed by atoms with Gasteiger partial charge in [-0.2, -0.15) is 13.9 Å². The van der Waals surface area contributed by atoms with Crippen molar-refractivity contribution in [3.05, 3.63) is 65.9 Å². The van der Waals surface area contributed by atoms with Gasteiger partial charge in [-0.15, -0.1) is 0 Å². The van der Waals surface area contributed by atoms with E-state index in [2.05, 4.69) is 10.4 Å². The van der Waals surface area contributed by atoms with Gasteiger partial charge in [0.1, 0.15) is 24.9 Å². The highest BCUT2D eigenvalue weighted by atomic mass is 19.3. The smallest absolute Gasteiger partial charge is 0.333 e. The van der Waals surface area contributed by atoms with E-state index in [0.717, 1.165) is 6.20 Å².